The molecule has 0 saturated carbocycles. The predicted molar refractivity (Wildman–Crippen MR) is 83.0 cm³/mol. The van der Waals surface area contributed by atoms with Crippen LogP contribution in [-0.4, -0.2) is 30.2 Å². The summed E-state index contributed by atoms with van der Waals surface area (Å²) in [5.41, 5.74) is -0.0526. The van der Waals surface area contributed by atoms with E-state index in [1.54, 1.807) is 6.92 Å². The fourth-order valence-electron chi connectivity index (χ4n) is 2.23. The SMILES string of the molecule is Cc1ccc(S(=O)(=O)ON2C(=O)c3ccc([N+](=O)[O-])cc3C2=O)cc1. The van der Waals surface area contributed by atoms with E-state index in [1.165, 1.54) is 24.3 Å². The number of nitro groups is 1. The third kappa shape index (κ3) is 2.88. The summed E-state index contributed by atoms with van der Waals surface area (Å²) in [7, 11) is -4.42. The van der Waals surface area contributed by atoms with Gasteiger partial charge in [0.2, 0.25) is 0 Å². The van der Waals surface area contributed by atoms with Gasteiger partial charge in [-0.1, -0.05) is 17.7 Å². The van der Waals surface area contributed by atoms with Gasteiger partial charge < -0.3 is 0 Å². The zero-order chi connectivity index (χ0) is 18.4. The fraction of sp³-hybridized carbons (Fsp3) is 0.0667. The molecular formula is C15H10N2O7S. The second kappa shape index (κ2) is 5.76. The predicted octanol–water partition coefficient (Wildman–Crippen LogP) is 1.82. The van der Waals surface area contributed by atoms with Gasteiger partial charge in [0.1, 0.15) is 0 Å². The Hall–Kier alpha value is -3.11. The van der Waals surface area contributed by atoms with Crippen LogP contribution in [0, 0.1) is 17.0 Å². The van der Waals surface area contributed by atoms with Gasteiger partial charge in [-0.05, 0) is 25.1 Å². The molecule has 0 spiro atoms. The van der Waals surface area contributed by atoms with Crippen molar-refractivity contribution in [2.75, 3.05) is 0 Å². The van der Waals surface area contributed by atoms with Gasteiger partial charge in [0.25, 0.3) is 17.5 Å². The van der Waals surface area contributed by atoms with Crippen LogP contribution < -0.4 is 0 Å². The number of fused-ring (bicyclic) bond motifs is 1. The second-order valence-electron chi connectivity index (χ2n) is 5.23. The van der Waals surface area contributed by atoms with Crippen LogP contribution in [0.15, 0.2) is 47.4 Å². The largest absolute Gasteiger partial charge is 0.318 e. The minimum Gasteiger partial charge on any atom is -0.266 e. The van der Waals surface area contributed by atoms with E-state index in [4.69, 9.17) is 0 Å². The van der Waals surface area contributed by atoms with E-state index in [9.17, 15) is 28.1 Å². The minimum atomic E-state index is -4.42. The van der Waals surface area contributed by atoms with Gasteiger partial charge in [0.15, 0.2) is 0 Å². The van der Waals surface area contributed by atoms with Crippen molar-refractivity contribution in [1.82, 2.24) is 5.06 Å². The molecule has 2 aromatic carbocycles. The number of amides is 2. The molecule has 0 saturated heterocycles. The molecule has 10 heteroatoms. The Morgan fingerprint density at radius 3 is 2.20 bits per heavy atom. The van der Waals surface area contributed by atoms with Crippen LogP contribution >= 0.6 is 0 Å². The molecule has 0 bridgehead atoms. The van der Waals surface area contributed by atoms with Crippen molar-refractivity contribution in [2.45, 2.75) is 11.8 Å². The molecule has 0 aliphatic carbocycles. The number of hydroxylamine groups is 2. The smallest absolute Gasteiger partial charge is 0.266 e. The number of aryl methyl sites for hydroxylation is 1. The maximum Gasteiger partial charge on any atom is 0.318 e. The zero-order valence-corrected chi connectivity index (χ0v) is 13.5. The summed E-state index contributed by atoms with van der Waals surface area (Å²) in [6.07, 6.45) is 0. The van der Waals surface area contributed by atoms with E-state index in [0.29, 0.717) is 0 Å². The van der Waals surface area contributed by atoms with Gasteiger partial charge in [-0.3, -0.25) is 19.7 Å². The zero-order valence-electron chi connectivity index (χ0n) is 12.7. The van der Waals surface area contributed by atoms with Crippen LogP contribution in [0.2, 0.25) is 0 Å². The van der Waals surface area contributed by atoms with E-state index in [0.717, 1.165) is 23.8 Å². The number of benzene rings is 2. The standard InChI is InChI=1S/C15H10N2O7S/c1-9-2-5-11(6-3-9)25(22,23)24-16-14(18)12-7-4-10(17(20)21)8-13(12)15(16)19/h2-8H,1H3. The molecule has 2 amide bonds. The number of non-ortho nitro benzene ring substituents is 1. The van der Waals surface area contributed by atoms with Crippen molar-refractivity contribution in [2.24, 2.45) is 0 Å². The first kappa shape index (κ1) is 16.7. The number of carbonyl (C=O) groups is 2. The van der Waals surface area contributed by atoms with Gasteiger partial charge in [-0.2, -0.15) is 8.42 Å². The number of nitrogens with zero attached hydrogens (tertiary/aromatic N) is 2. The maximum absolute atomic E-state index is 12.2. The van der Waals surface area contributed by atoms with Crippen LogP contribution in [0.1, 0.15) is 26.3 Å². The van der Waals surface area contributed by atoms with Gasteiger partial charge in [-0.15, -0.1) is 9.35 Å². The molecule has 9 nitrogen and oxygen atoms in total. The lowest BCUT2D eigenvalue weighted by atomic mass is 10.1. The Labute approximate surface area is 141 Å². The van der Waals surface area contributed by atoms with Gasteiger partial charge in [0.05, 0.1) is 20.9 Å². The van der Waals surface area contributed by atoms with Gasteiger partial charge >= 0.3 is 10.1 Å². The van der Waals surface area contributed by atoms with Crippen molar-refractivity contribution in [3.8, 4) is 0 Å². The maximum atomic E-state index is 12.2. The Morgan fingerprint density at radius 2 is 1.60 bits per heavy atom. The first-order valence-electron chi connectivity index (χ1n) is 6.89. The van der Waals surface area contributed by atoms with Crippen LogP contribution in [-0.2, 0) is 14.4 Å². The van der Waals surface area contributed by atoms with Crippen LogP contribution in [0.3, 0.4) is 0 Å². The second-order valence-corrected chi connectivity index (χ2v) is 6.76. The molecule has 0 fully saturated rings. The molecule has 0 unspecified atom stereocenters. The number of rotatable bonds is 4. The minimum absolute atomic E-state index is 0.0869. The Bertz CT molecular complexity index is 1010. The first-order chi connectivity index (χ1) is 11.7. The van der Waals surface area contributed by atoms with Gasteiger partial charge in [-0.25, -0.2) is 0 Å². The Morgan fingerprint density at radius 1 is 1.00 bits per heavy atom. The van der Waals surface area contributed by atoms with Crippen molar-refractivity contribution in [3.63, 3.8) is 0 Å². The topological polar surface area (TPSA) is 124 Å². The van der Waals surface area contributed by atoms with Crippen molar-refractivity contribution in [3.05, 3.63) is 69.3 Å². The molecule has 25 heavy (non-hydrogen) atoms. The quantitative estimate of drug-likeness (QED) is 0.461. The molecule has 1 heterocycles. The van der Waals surface area contributed by atoms with Crippen LogP contribution in [0.5, 0.6) is 0 Å². The highest BCUT2D eigenvalue weighted by Crippen LogP contribution is 2.28. The molecule has 1 aliphatic rings. The molecule has 0 radical (unpaired) electrons. The Balaban J connectivity index is 1.94. The lowest BCUT2D eigenvalue weighted by molar-refractivity contribution is -0.384. The molecular weight excluding hydrogens is 352 g/mol. The highest BCUT2D eigenvalue weighted by atomic mass is 32.2. The number of hydrogen-bond donors (Lipinski definition) is 0. The summed E-state index contributed by atoms with van der Waals surface area (Å²) in [6.45, 7) is 1.76. The summed E-state index contributed by atoms with van der Waals surface area (Å²) < 4.78 is 29.1. The van der Waals surface area contributed by atoms with E-state index in [-0.39, 0.29) is 21.1 Å². The molecule has 2 aromatic rings. The van der Waals surface area contributed by atoms with Gasteiger partial charge in [0, 0.05) is 12.1 Å². The third-order valence-corrected chi connectivity index (χ3v) is 4.72. The number of carbonyl (C=O) groups excluding carboxylic acids is 2. The summed E-state index contributed by atoms with van der Waals surface area (Å²) in [6, 6.07) is 8.63. The van der Waals surface area contributed by atoms with Crippen molar-refractivity contribution >= 4 is 27.6 Å². The number of imide groups is 1. The normalized spacial score (nSPS) is 13.9. The summed E-state index contributed by atoms with van der Waals surface area (Å²) >= 11 is 0. The molecule has 0 aromatic heterocycles. The summed E-state index contributed by atoms with van der Waals surface area (Å²) in [5.74, 6) is -2.09. The monoisotopic (exact) mass is 362 g/mol. The van der Waals surface area contributed by atoms with Crippen molar-refractivity contribution in [1.29, 1.82) is 0 Å². The summed E-state index contributed by atoms with van der Waals surface area (Å²) in [4.78, 5) is 34.2. The molecule has 128 valence electrons. The first-order valence-corrected chi connectivity index (χ1v) is 8.30. The number of hydrogen-bond acceptors (Lipinski definition) is 7. The molecule has 0 N–H and O–H groups in total. The van der Waals surface area contributed by atoms with E-state index in [2.05, 4.69) is 4.28 Å². The molecule has 3 rings (SSSR count). The van der Waals surface area contributed by atoms with E-state index in [1.807, 2.05) is 0 Å². The third-order valence-electron chi connectivity index (χ3n) is 3.53. The average Bonchev–Trinajstić information content (AvgIpc) is 2.79. The molecule has 0 atom stereocenters. The summed E-state index contributed by atoms with van der Waals surface area (Å²) in [5, 5.41) is 10.9. The molecule has 1 aliphatic heterocycles. The van der Waals surface area contributed by atoms with E-state index >= 15 is 0 Å². The Kier molecular flexibility index (Phi) is 3.85. The lowest BCUT2D eigenvalue weighted by Crippen LogP contribution is -2.32. The number of nitro benzene ring substituents is 1. The van der Waals surface area contributed by atoms with E-state index < -0.39 is 32.5 Å². The van der Waals surface area contributed by atoms with Crippen LogP contribution in [0.4, 0.5) is 5.69 Å². The van der Waals surface area contributed by atoms with Crippen LogP contribution in [0.25, 0.3) is 0 Å². The highest BCUT2D eigenvalue weighted by Gasteiger charge is 2.41. The average molecular weight is 362 g/mol. The lowest BCUT2D eigenvalue weighted by Gasteiger charge is -2.12. The highest BCUT2D eigenvalue weighted by molar-refractivity contribution is 7.86. The fourth-order valence-corrected chi connectivity index (χ4v) is 3.12. The van der Waals surface area contributed by atoms with Crippen molar-refractivity contribution < 1.29 is 27.2 Å².